The van der Waals surface area contributed by atoms with Crippen LogP contribution in [0.2, 0.25) is 0 Å². The Balaban J connectivity index is 3.52. The number of carboxylic acids is 1. The van der Waals surface area contributed by atoms with E-state index in [1.54, 1.807) is 0 Å². The molecule has 0 spiro atoms. The number of carboxylic acid groups (broad SMARTS) is 1. The molecule has 1 aromatic rings. The van der Waals surface area contributed by atoms with E-state index in [2.05, 4.69) is 0 Å². The van der Waals surface area contributed by atoms with Crippen molar-refractivity contribution in [2.45, 2.75) is 10.4 Å². The highest BCUT2D eigenvalue weighted by Crippen LogP contribution is 2.32. The lowest BCUT2D eigenvalue weighted by molar-refractivity contribution is -0.0437. The molecule has 1 rings (SSSR count). The minimum absolute atomic E-state index is 0.125. The van der Waals surface area contributed by atoms with Gasteiger partial charge in [0.25, 0.3) is 9.84 Å². The maximum absolute atomic E-state index is 13.0. The average Bonchev–Trinajstić information content (AvgIpc) is 2.15. The van der Waals surface area contributed by atoms with Gasteiger partial charge in [0.15, 0.2) is 0 Å². The molecule has 0 heterocycles. The van der Waals surface area contributed by atoms with Crippen molar-refractivity contribution in [3.05, 3.63) is 29.6 Å². The van der Waals surface area contributed by atoms with Crippen molar-refractivity contribution in [1.29, 1.82) is 0 Å². The van der Waals surface area contributed by atoms with Crippen LogP contribution in [0.25, 0.3) is 0 Å². The molecule has 0 atom stereocenters. The van der Waals surface area contributed by atoms with Gasteiger partial charge in [-0.2, -0.15) is 13.2 Å². The van der Waals surface area contributed by atoms with Crippen molar-refractivity contribution >= 4 is 15.8 Å². The predicted octanol–water partition coefficient (Wildman–Crippen LogP) is 1.82. The lowest BCUT2D eigenvalue weighted by atomic mass is 10.2. The predicted molar refractivity (Wildman–Crippen MR) is 46.6 cm³/mol. The molecular weight excluding hydrogens is 268 g/mol. The molecule has 0 saturated carbocycles. The van der Waals surface area contributed by atoms with Gasteiger partial charge in [0.2, 0.25) is 0 Å². The molecule has 0 aliphatic carbocycles. The van der Waals surface area contributed by atoms with Gasteiger partial charge in [0.1, 0.15) is 10.7 Å². The quantitative estimate of drug-likeness (QED) is 0.833. The number of sulfone groups is 1. The monoisotopic (exact) mass is 272 g/mol. The van der Waals surface area contributed by atoms with Crippen LogP contribution in [0.15, 0.2) is 23.1 Å². The first-order chi connectivity index (χ1) is 7.57. The van der Waals surface area contributed by atoms with Gasteiger partial charge >= 0.3 is 11.5 Å². The molecular formula is C8H4F4O4S. The second-order valence-corrected chi connectivity index (χ2v) is 4.81. The summed E-state index contributed by atoms with van der Waals surface area (Å²) < 4.78 is 71.2. The zero-order valence-electron chi connectivity index (χ0n) is 7.82. The van der Waals surface area contributed by atoms with E-state index in [0.29, 0.717) is 12.1 Å². The Morgan fingerprint density at radius 3 is 2.18 bits per heavy atom. The van der Waals surface area contributed by atoms with Crippen LogP contribution in [0.4, 0.5) is 17.6 Å². The molecule has 9 heteroatoms. The van der Waals surface area contributed by atoms with Crippen LogP contribution < -0.4 is 0 Å². The minimum atomic E-state index is -5.90. The number of benzene rings is 1. The van der Waals surface area contributed by atoms with E-state index in [4.69, 9.17) is 5.11 Å². The largest absolute Gasteiger partial charge is 0.502 e. The van der Waals surface area contributed by atoms with E-state index in [0.717, 1.165) is 0 Å². The van der Waals surface area contributed by atoms with Gasteiger partial charge in [0.05, 0.1) is 5.56 Å². The highest BCUT2D eigenvalue weighted by molar-refractivity contribution is 7.92. The summed E-state index contributed by atoms with van der Waals surface area (Å²) in [6.07, 6.45) is 0. The molecule has 4 nitrogen and oxygen atoms in total. The highest BCUT2D eigenvalue weighted by Gasteiger charge is 2.48. The van der Waals surface area contributed by atoms with E-state index in [1.807, 2.05) is 0 Å². The Morgan fingerprint density at radius 2 is 1.76 bits per heavy atom. The van der Waals surface area contributed by atoms with E-state index < -0.39 is 37.6 Å². The summed E-state index contributed by atoms with van der Waals surface area (Å²) in [5.74, 6) is -3.32. The molecule has 0 amide bonds. The lowest BCUT2D eigenvalue weighted by Gasteiger charge is -2.09. The molecule has 17 heavy (non-hydrogen) atoms. The summed E-state index contributed by atoms with van der Waals surface area (Å²) in [5.41, 5.74) is -6.44. The molecule has 0 unspecified atom stereocenters. The fourth-order valence-corrected chi connectivity index (χ4v) is 1.82. The van der Waals surface area contributed by atoms with E-state index >= 15 is 0 Å². The van der Waals surface area contributed by atoms with Crippen molar-refractivity contribution in [1.82, 2.24) is 0 Å². The average molecular weight is 272 g/mol. The third kappa shape index (κ3) is 2.38. The number of alkyl halides is 3. The van der Waals surface area contributed by atoms with Crippen LogP contribution >= 0.6 is 0 Å². The maximum Gasteiger partial charge on any atom is 0.502 e. The molecule has 0 aromatic heterocycles. The summed E-state index contributed by atoms with van der Waals surface area (Å²) in [6.45, 7) is 0. The Hall–Kier alpha value is -1.64. The fraction of sp³-hybridized carbons (Fsp3) is 0.125. The van der Waals surface area contributed by atoms with Crippen LogP contribution in [0.1, 0.15) is 10.4 Å². The zero-order chi connectivity index (χ0) is 13.4. The second-order valence-electron chi connectivity index (χ2n) is 2.90. The van der Waals surface area contributed by atoms with Gasteiger partial charge < -0.3 is 5.11 Å². The van der Waals surface area contributed by atoms with Crippen LogP contribution in [-0.4, -0.2) is 25.0 Å². The Labute approximate surface area is 92.4 Å². The first kappa shape index (κ1) is 13.4. The number of rotatable bonds is 2. The van der Waals surface area contributed by atoms with Gasteiger partial charge in [-0.05, 0) is 18.2 Å². The van der Waals surface area contributed by atoms with Crippen molar-refractivity contribution < 1.29 is 35.9 Å². The van der Waals surface area contributed by atoms with Crippen LogP contribution in [-0.2, 0) is 9.84 Å². The molecule has 1 N–H and O–H groups in total. The summed E-state index contributed by atoms with van der Waals surface area (Å²) in [6, 6.07) is 1.13. The van der Waals surface area contributed by atoms with Gasteiger partial charge in [-0.15, -0.1) is 0 Å². The first-order valence-electron chi connectivity index (χ1n) is 3.91. The Bertz CT molecular complexity index is 561. The highest BCUT2D eigenvalue weighted by atomic mass is 32.2. The molecule has 0 aliphatic rings. The third-order valence-corrected chi connectivity index (χ3v) is 3.27. The zero-order valence-corrected chi connectivity index (χ0v) is 8.64. The van der Waals surface area contributed by atoms with Crippen molar-refractivity contribution in [2.24, 2.45) is 0 Å². The number of carbonyl (C=O) groups is 1. The second kappa shape index (κ2) is 3.99. The van der Waals surface area contributed by atoms with Crippen LogP contribution in [0.5, 0.6) is 0 Å². The van der Waals surface area contributed by atoms with Crippen LogP contribution in [0, 0.1) is 5.82 Å². The summed E-state index contributed by atoms with van der Waals surface area (Å²) in [5, 5.41) is 8.47. The third-order valence-electron chi connectivity index (χ3n) is 1.77. The van der Waals surface area contributed by atoms with Crippen molar-refractivity contribution in [3.63, 3.8) is 0 Å². The minimum Gasteiger partial charge on any atom is -0.478 e. The van der Waals surface area contributed by atoms with Gasteiger partial charge in [-0.25, -0.2) is 17.6 Å². The molecule has 1 aromatic carbocycles. The van der Waals surface area contributed by atoms with Crippen molar-refractivity contribution in [2.75, 3.05) is 0 Å². The topological polar surface area (TPSA) is 71.4 Å². The Kier molecular flexibility index (Phi) is 3.15. The van der Waals surface area contributed by atoms with Gasteiger partial charge in [-0.1, -0.05) is 0 Å². The molecule has 0 radical (unpaired) electrons. The normalized spacial score (nSPS) is 12.5. The van der Waals surface area contributed by atoms with Crippen molar-refractivity contribution in [3.8, 4) is 0 Å². The smallest absolute Gasteiger partial charge is 0.478 e. The van der Waals surface area contributed by atoms with E-state index in [1.165, 1.54) is 0 Å². The number of aromatic carboxylic acids is 1. The molecule has 0 aliphatic heterocycles. The summed E-state index contributed by atoms with van der Waals surface area (Å²) >= 11 is 0. The first-order valence-corrected chi connectivity index (χ1v) is 5.40. The molecule has 0 bridgehead atoms. The summed E-state index contributed by atoms with van der Waals surface area (Å²) in [7, 11) is -5.90. The molecule has 94 valence electrons. The lowest BCUT2D eigenvalue weighted by Crippen LogP contribution is -2.24. The van der Waals surface area contributed by atoms with E-state index in [9.17, 15) is 30.8 Å². The maximum atomic E-state index is 13.0. The summed E-state index contributed by atoms with van der Waals surface area (Å²) in [4.78, 5) is 8.74. The van der Waals surface area contributed by atoms with E-state index in [-0.39, 0.29) is 6.07 Å². The molecule has 0 saturated heterocycles. The number of hydrogen-bond acceptors (Lipinski definition) is 3. The number of halogens is 4. The standard InChI is InChI=1S/C8H4F4O4S/c9-5-2-1-4(7(13)14)3-6(5)17(15,16)8(10,11)12/h1-3H,(H,13,14). The number of hydrogen-bond donors (Lipinski definition) is 1. The molecule has 0 fully saturated rings. The van der Waals surface area contributed by atoms with Gasteiger partial charge in [0, 0.05) is 0 Å². The Morgan fingerprint density at radius 1 is 1.24 bits per heavy atom. The SMILES string of the molecule is O=C(O)c1ccc(F)c(S(=O)(=O)C(F)(F)F)c1. The van der Waals surface area contributed by atoms with Gasteiger partial charge in [-0.3, -0.25) is 0 Å². The van der Waals surface area contributed by atoms with Crippen LogP contribution in [0.3, 0.4) is 0 Å². The fourth-order valence-electron chi connectivity index (χ4n) is 0.967.